The molecule has 38 heavy (non-hydrogen) atoms. The molecule has 3 aromatic carbocycles. The lowest BCUT2D eigenvalue weighted by Crippen LogP contribution is -2.29. The van der Waals surface area contributed by atoms with Crippen molar-refractivity contribution in [3.8, 4) is 28.5 Å². The second-order valence-corrected chi connectivity index (χ2v) is 9.39. The maximum absolute atomic E-state index is 14.0. The number of rotatable bonds is 4. The van der Waals surface area contributed by atoms with E-state index >= 15 is 0 Å². The maximum atomic E-state index is 14.0. The van der Waals surface area contributed by atoms with Gasteiger partial charge < -0.3 is 9.13 Å². The summed E-state index contributed by atoms with van der Waals surface area (Å²) in [6.07, 6.45) is -3.15. The summed E-state index contributed by atoms with van der Waals surface area (Å²) in [5.74, 6) is 0. The van der Waals surface area contributed by atoms with Crippen LogP contribution in [0, 0.1) is 25.2 Å². The third-order valence-electron chi connectivity index (χ3n) is 6.76. The molecule has 0 bridgehead atoms. The van der Waals surface area contributed by atoms with Gasteiger partial charge in [0.2, 0.25) is 0 Å². The molecule has 0 spiro atoms. The fourth-order valence-corrected chi connectivity index (χ4v) is 4.74. The average molecular weight is 513 g/mol. The van der Waals surface area contributed by atoms with E-state index in [1.165, 1.54) is 10.6 Å². The molecule has 0 fully saturated rings. The maximum Gasteiger partial charge on any atom is 0.417 e. The number of aryl methyl sites for hydroxylation is 3. The van der Waals surface area contributed by atoms with Crippen LogP contribution in [-0.2, 0) is 19.8 Å². The average Bonchev–Trinajstić information content (AvgIpc) is 3.25. The number of nitriles is 1. The summed E-state index contributed by atoms with van der Waals surface area (Å²) in [6.45, 7) is 3.85. The number of halogens is 3. The molecule has 8 heteroatoms. The minimum atomic E-state index is -4.86. The molecule has 0 unspecified atom stereocenters. The molecular weight excluding hydrogens is 489 g/mol. The summed E-state index contributed by atoms with van der Waals surface area (Å²) >= 11 is 0. The van der Waals surface area contributed by atoms with E-state index in [9.17, 15) is 23.2 Å². The molecule has 2 aromatic heterocycles. The fraction of sp³-hybridized carbons (Fsp3) is 0.167. The number of hydrogen-bond donors (Lipinski definition) is 0. The highest BCUT2D eigenvalue weighted by Gasteiger charge is 2.36. The Hall–Kier alpha value is -4.64. The van der Waals surface area contributed by atoms with Gasteiger partial charge in [0.05, 0.1) is 35.2 Å². The van der Waals surface area contributed by atoms with Crippen LogP contribution >= 0.6 is 0 Å². The van der Waals surface area contributed by atoms with Gasteiger partial charge in [-0.15, -0.1) is 0 Å². The predicted octanol–water partition coefficient (Wildman–Crippen LogP) is 6.62. The van der Waals surface area contributed by atoms with Crippen LogP contribution < -0.4 is 5.56 Å². The Morgan fingerprint density at radius 1 is 0.947 bits per heavy atom. The molecule has 5 nitrogen and oxygen atoms in total. The first-order valence-corrected chi connectivity index (χ1v) is 11.9. The zero-order chi connectivity index (χ0) is 27.2. The van der Waals surface area contributed by atoms with E-state index in [4.69, 9.17) is 0 Å². The molecule has 5 aromatic rings. The summed E-state index contributed by atoms with van der Waals surface area (Å²) < 4.78 is 45.0. The van der Waals surface area contributed by atoms with Crippen LogP contribution in [0.3, 0.4) is 0 Å². The van der Waals surface area contributed by atoms with E-state index in [0.29, 0.717) is 5.56 Å². The third kappa shape index (κ3) is 4.48. The quantitative estimate of drug-likeness (QED) is 0.272. The summed E-state index contributed by atoms with van der Waals surface area (Å²) in [5.41, 5.74) is 3.44. The topological polar surface area (TPSA) is 63.6 Å². The second kappa shape index (κ2) is 9.34. The van der Waals surface area contributed by atoms with E-state index in [2.05, 4.69) is 4.98 Å². The van der Waals surface area contributed by atoms with Gasteiger partial charge in [0.25, 0.3) is 5.56 Å². The fourth-order valence-electron chi connectivity index (χ4n) is 4.74. The van der Waals surface area contributed by atoms with E-state index in [1.54, 1.807) is 24.5 Å². The van der Waals surface area contributed by atoms with Crippen LogP contribution in [-0.4, -0.2) is 14.1 Å². The third-order valence-corrected chi connectivity index (χ3v) is 6.76. The highest BCUT2D eigenvalue weighted by molar-refractivity contribution is 5.83. The Balaban J connectivity index is 1.72. The first-order valence-electron chi connectivity index (χ1n) is 11.9. The Labute approximate surface area is 217 Å². The van der Waals surface area contributed by atoms with E-state index < -0.39 is 22.9 Å². The number of benzene rings is 3. The first kappa shape index (κ1) is 25.0. The monoisotopic (exact) mass is 512 g/mol. The van der Waals surface area contributed by atoms with Crippen LogP contribution in [0.1, 0.15) is 27.8 Å². The zero-order valence-corrected chi connectivity index (χ0v) is 21.0. The summed E-state index contributed by atoms with van der Waals surface area (Å²) in [6, 6.07) is 20.9. The molecule has 0 N–H and O–H groups in total. The zero-order valence-electron chi connectivity index (χ0n) is 21.0. The lowest BCUT2D eigenvalue weighted by Gasteiger charge is -2.19. The van der Waals surface area contributed by atoms with Crippen LogP contribution in [0.4, 0.5) is 13.2 Å². The van der Waals surface area contributed by atoms with Crippen LogP contribution in [0.15, 0.2) is 77.9 Å². The van der Waals surface area contributed by atoms with Crippen molar-refractivity contribution in [1.29, 1.82) is 5.26 Å². The summed E-state index contributed by atoms with van der Waals surface area (Å²) in [7, 11) is 1.90. The molecule has 0 aliphatic heterocycles. The van der Waals surface area contributed by atoms with Crippen LogP contribution in [0.25, 0.3) is 33.4 Å². The number of aromatic nitrogens is 3. The minimum Gasteiger partial charge on any atom is -0.334 e. The van der Waals surface area contributed by atoms with Crippen molar-refractivity contribution in [2.75, 3.05) is 0 Å². The van der Waals surface area contributed by atoms with E-state index in [1.807, 2.05) is 67.9 Å². The van der Waals surface area contributed by atoms with Gasteiger partial charge in [0.15, 0.2) is 0 Å². The van der Waals surface area contributed by atoms with Crippen LogP contribution in [0.2, 0.25) is 0 Å². The number of nitrogens with zero attached hydrogens (tertiary/aromatic N) is 4. The molecule has 0 saturated heterocycles. The first-order chi connectivity index (χ1) is 18.1. The molecule has 0 saturated carbocycles. The van der Waals surface area contributed by atoms with E-state index in [-0.39, 0.29) is 12.2 Å². The summed E-state index contributed by atoms with van der Waals surface area (Å²) in [5, 5.41) is 9.52. The van der Waals surface area contributed by atoms with Gasteiger partial charge in [-0.2, -0.15) is 18.4 Å². The smallest absolute Gasteiger partial charge is 0.334 e. The van der Waals surface area contributed by atoms with Crippen molar-refractivity contribution in [1.82, 2.24) is 14.1 Å². The number of fused-ring (bicyclic) bond motifs is 1. The molecule has 2 heterocycles. The number of hydrogen-bond acceptors (Lipinski definition) is 3. The highest BCUT2D eigenvalue weighted by atomic mass is 19.4. The van der Waals surface area contributed by atoms with Gasteiger partial charge in [0.1, 0.15) is 11.6 Å². The van der Waals surface area contributed by atoms with Crippen molar-refractivity contribution in [3.05, 3.63) is 111 Å². The van der Waals surface area contributed by atoms with Crippen molar-refractivity contribution in [2.45, 2.75) is 26.6 Å². The standard InChI is InChI=1S/C30H23F3N4O/c1-18-7-8-23(19(2)11-18)16-37-28(14-25(30(31,32)33)24(15-34)29(37)38)22-6-4-5-20(12-22)21-9-10-27-26(13-21)35-17-36(27)3/h4-14,17H,16H2,1-3H3. The molecule has 0 radical (unpaired) electrons. The van der Waals surface area contributed by atoms with Crippen molar-refractivity contribution in [3.63, 3.8) is 0 Å². The Bertz CT molecular complexity index is 1810. The van der Waals surface area contributed by atoms with Crippen molar-refractivity contribution in [2.24, 2.45) is 7.05 Å². The largest absolute Gasteiger partial charge is 0.417 e. The molecular formula is C30H23F3N4O. The molecule has 5 rings (SSSR count). The van der Waals surface area contributed by atoms with Gasteiger partial charge in [-0.3, -0.25) is 4.79 Å². The summed E-state index contributed by atoms with van der Waals surface area (Å²) in [4.78, 5) is 17.8. The van der Waals surface area contributed by atoms with Crippen molar-refractivity contribution >= 4 is 11.0 Å². The van der Waals surface area contributed by atoms with Crippen molar-refractivity contribution < 1.29 is 13.2 Å². The van der Waals surface area contributed by atoms with Gasteiger partial charge >= 0.3 is 6.18 Å². The molecule has 0 atom stereocenters. The SMILES string of the molecule is Cc1ccc(Cn2c(-c3cccc(-c4ccc5c(c4)ncn5C)c3)cc(C(F)(F)F)c(C#N)c2=O)c(C)c1. The van der Waals surface area contributed by atoms with Gasteiger partial charge in [-0.25, -0.2) is 4.98 Å². The van der Waals surface area contributed by atoms with Gasteiger partial charge in [-0.05, 0) is 65.9 Å². The normalized spacial score (nSPS) is 11.6. The lowest BCUT2D eigenvalue weighted by molar-refractivity contribution is -0.137. The highest BCUT2D eigenvalue weighted by Crippen LogP contribution is 2.35. The minimum absolute atomic E-state index is 0.0250. The lowest BCUT2D eigenvalue weighted by atomic mass is 9.98. The molecule has 0 amide bonds. The Morgan fingerprint density at radius 3 is 2.39 bits per heavy atom. The predicted molar refractivity (Wildman–Crippen MR) is 141 cm³/mol. The Morgan fingerprint density at radius 2 is 1.68 bits per heavy atom. The molecule has 0 aliphatic carbocycles. The molecule has 190 valence electrons. The van der Waals surface area contributed by atoms with Gasteiger partial charge in [-0.1, -0.05) is 48.0 Å². The molecule has 0 aliphatic rings. The second-order valence-electron chi connectivity index (χ2n) is 9.39. The van der Waals surface area contributed by atoms with Crippen LogP contribution in [0.5, 0.6) is 0 Å². The number of pyridine rings is 1. The number of alkyl halides is 3. The van der Waals surface area contributed by atoms with E-state index in [0.717, 1.165) is 44.9 Å². The Kier molecular flexibility index (Phi) is 6.15. The number of imidazole rings is 1. The van der Waals surface area contributed by atoms with Gasteiger partial charge in [0, 0.05) is 7.05 Å².